The van der Waals surface area contributed by atoms with Gasteiger partial charge in [-0.2, -0.15) is 0 Å². The molecular weight excluding hydrogens is 304 g/mol. The Bertz CT molecular complexity index is 663. The first-order valence-electron chi connectivity index (χ1n) is 6.98. The number of amides is 1. The predicted molar refractivity (Wildman–Crippen MR) is 83.0 cm³/mol. The zero-order chi connectivity index (χ0) is 16.3. The van der Waals surface area contributed by atoms with Crippen LogP contribution in [0.15, 0.2) is 22.8 Å². The van der Waals surface area contributed by atoms with Crippen molar-refractivity contribution in [2.75, 3.05) is 6.54 Å². The fourth-order valence-electron chi connectivity index (χ4n) is 2.03. The lowest BCUT2D eigenvalue weighted by Crippen LogP contribution is -2.42. The maximum Gasteiger partial charge on any atom is 0.323 e. The highest BCUT2D eigenvalue weighted by molar-refractivity contribution is 7.15. The summed E-state index contributed by atoms with van der Waals surface area (Å²) >= 11 is 1.36. The number of aryl methyl sites for hydroxylation is 1. The molecule has 0 aliphatic heterocycles. The summed E-state index contributed by atoms with van der Waals surface area (Å²) in [5.41, 5.74) is 0.290. The van der Waals surface area contributed by atoms with Gasteiger partial charge in [-0.25, -0.2) is 4.98 Å². The van der Waals surface area contributed by atoms with Crippen molar-refractivity contribution >= 4 is 23.2 Å². The third kappa shape index (κ3) is 3.36. The lowest BCUT2D eigenvalue weighted by molar-refractivity contribution is -0.138. The first-order chi connectivity index (χ1) is 10.4. The number of aromatic nitrogens is 1. The molecule has 0 spiro atoms. The molecule has 0 saturated heterocycles. The fourth-order valence-corrected chi connectivity index (χ4v) is 2.90. The number of hydrogen-bond acceptors (Lipinski definition) is 5. The predicted octanol–water partition coefficient (Wildman–Crippen LogP) is 3.04. The molecule has 0 bridgehead atoms. The van der Waals surface area contributed by atoms with Gasteiger partial charge in [-0.3, -0.25) is 9.59 Å². The quantitative estimate of drug-likeness (QED) is 0.883. The highest BCUT2D eigenvalue weighted by Crippen LogP contribution is 2.28. The van der Waals surface area contributed by atoms with Gasteiger partial charge < -0.3 is 14.4 Å². The van der Waals surface area contributed by atoms with Crippen molar-refractivity contribution in [2.45, 2.75) is 33.2 Å². The van der Waals surface area contributed by atoms with Gasteiger partial charge in [0.05, 0.1) is 6.26 Å². The van der Waals surface area contributed by atoms with E-state index < -0.39 is 5.97 Å². The first-order valence-corrected chi connectivity index (χ1v) is 7.79. The van der Waals surface area contributed by atoms with Crippen LogP contribution in [0.5, 0.6) is 0 Å². The second kappa shape index (κ2) is 6.74. The van der Waals surface area contributed by atoms with Crippen LogP contribution < -0.4 is 0 Å². The monoisotopic (exact) mass is 322 g/mol. The molecule has 1 atom stereocenters. The molecule has 1 amide bonds. The minimum atomic E-state index is -1.03. The summed E-state index contributed by atoms with van der Waals surface area (Å²) in [6.45, 7) is 5.21. The van der Waals surface area contributed by atoms with E-state index in [4.69, 9.17) is 9.52 Å². The van der Waals surface area contributed by atoms with Crippen LogP contribution in [0, 0.1) is 6.92 Å². The van der Waals surface area contributed by atoms with Crippen molar-refractivity contribution in [1.82, 2.24) is 9.88 Å². The van der Waals surface area contributed by atoms with Crippen LogP contribution >= 0.6 is 11.3 Å². The smallest absolute Gasteiger partial charge is 0.323 e. The number of nitrogens with zero attached hydrogens (tertiary/aromatic N) is 2. The largest absolute Gasteiger partial charge is 0.480 e. The Kier molecular flexibility index (Phi) is 4.97. The van der Waals surface area contributed by atoms with Gasteiger partial charge in [0.2, 0.25) is 0 Å². The number of furan rings is 1. The number of rotatable bonds is 6. The average Bonchev–Trinajstić information content (AvgIpc) is 3.12. The van der Waals surface area contributed by atoms with Crippen molar-refractivity contribution in [1.29, 1.82) is 0 Å². The summed E-state index contributed by atoms with van der Waals surface area (Å²) < 4.78 is 5.29. The molecule has 22 heavy (non-hydrogen) atoms. The second-order valence-electron chi connectivity index (χ2n) is 4.99. The summed E-state index contributed by atoms with van der Waals surface area (Å²) in [6, 6.07) is 3.36. The van der Waals surface area contributed by atoms with E-state index in [0.29, 0.717) is 17.2 Å². The van der Waals surface area contributed by atoms with Gasteiger partial charge in [0.1, 0.15) is 12.2 Å². The van der Waals surface area contributed by atoms with E-state index in [9.17, 15) is 9.59 Å². The summed E-state index contributed by atoms with van der Waals surface area (Å²) in [5.74, 6) is -0.795. The van der Waals surface area contributed by atoms with Gasteiger partial charge in [-0.05, 0) is 32.4 Å². The van der Waals surface area contributed by atoms with Crippen LogP contribution in [-0.2, 0) is 4.79 Å². The molecular formula is C15H18N2O4S. The molecule has 0 aliphatic carbocycles. The van der Waals surface area contributed by atoms with Crippen LogP contribution in [0.3, 0.4) is 0 Å². The normalized spacial score (nSPS) is 12.1. The SMILES string of the molecule is CCC(C)N(CC(=O)O)C(=O)c1nc(-c2ccco2)sc1C. The van der Waals surface area contributed by atoms with Crippen LogP contribution in [-0.4, -0.2) is 39.5 Å². The van der Waals surface area contributed by atoms with E-state index in [1.807, 2.05) is 13.8 Å². The topological polar surface area (TPSA) is 83.6 Å². The van der Waals surface area contributed by atoms with E-state index in [1.54, 1.807) is 25.3 Å². The highest BCUT2D eigenvalue weighted by atomic mass is 32.1. The molecule has 0 saturated carbocycles. The minimum Gasteiger partial charge on any atom is -0.480 e. The Morgan fingerprint density at radius 1 is 1.50 bits per heavy atom. The maximum absolute atomic E-state index is 12.7. The van der Waals surface area contributed by atoms with Crippen molar-refractivity contribution in [3.63, 3.8) is 0 Å². The van der Waals surface area contributed by atoms with Crippen LogP contribution in [0.1, 0.15) is 35.6 Å². The molecule has 2 aromatic rings. The van der Waals surface area contributed by atoms with E-state index in [-0.39, 0.29) is 24.2 Å². The molecule has 6 nitrogen and oxygen atoms in total. The lowest BCUT2D eigenvalue weighted by atomic mass is 10.2. The molecule has 7 heteroatoms. The van der Waals surface area contributed by atoms with Gasteiger partial charge >= 0.3 is 5.97 Å². The summed E-state index contributed by atoms with van der Waals surface area (Å²) in [6.07, 6.45) is 2.22. The number of thiazole rings is 1. The molecule has 1 N–H and O–H groups in total. The zero-order valence-electron chi connectivity index (χ0n) is 12.7. The molecule has 0 radical (unpaired) electrons. The number of carbonyl (C=O) groups excluding carboxylic acids is 1. The van der Waals surface area contributed by atoms with Gasteiger partial charge in [-0.15, -0.1) is 11.3 Å². The number of carboxylic acids is 1. The summed E-state index contributed by atoms with van der Waals surface area (Å²) in [5, 5.41) is 9.64. The minimum absolute atomic E-state index is 0.170. The third-order valence-corrected chi connectivity index (χ3v) is 4.41. The number of carboxylic acid groups (broad SMARTS) is 1. The lowest BCUT2D eigenvalue weighted by Gasteiger charge is -2.26. The first kappa shape index (κ1) is 16.2. The Morgan fingerprint density at radius 2 is 2.23 bits per heavy atom. The molecule has 0 aliphatic rings. The maximum atomic E-state index is 12.7. The van der Waals surface area contributed by atoms with Crippen molar-refractivity contribution < 1.29 is 19.1 Å². The Hall–Kier alpha value is -2.15. The summed E-state index contributed by atoms with van der Waals surface area (Å²) in [4.78, 5) is 30.1. The highest BCUT2D eigenvalue weighted by Gasteiger charge is 2.27. The van der Waals surface area contributed by atoms with Crippen LogP contribution in [0.25, 0.3) is 10.8 Å². The van der Waals surface area contributed by atoms with Gasteiger partial charge in [0, 0.05) is 10.9 Å². The van der Waals surface area contributed by atoms with Crippen molar-refractivity contribution in [3.05, 3.63) is 29.0 Å². The molecule has 2 heterocycles. The van der Waals surface area contributed by atoms with Gasteiger partial charge in [-0.1, -0.05) is 6.92 Å². The van der Waals surface area contributed by atoms with Crippen LogP contribution in [0.4, 0.5) is 0 Å². The molecule has 1 unspecified atom stereocenters. The number of hydrogen-bond donors (Lipinski definition) is 1. The van der Waals surface area contributed by atoms with E-state index in [1.165, 1.54) is 16.2 Å². The fraction of sp³-hybridized carbons (Fsp3) is 0.400. The van der Waals surface area contributed by atoms with Crippen molar-refractivity contribution in [3.8, 4) is 10.8 Å². The Morgan fingerprint density at radius 3 is 2.77 bits per heavy atom. The Labute approximate surface area is 132 Å². The van der Waals surface area contributed by atoms with E-state index in [2.05, 4.69) is 4.98 Å². The van der Waals surface area contributed by atoms with E-state index in [0.717, 1.165) is 4.88 Å². The Balaban J connectivity index is 2.32. The molecule has 2 rings (SSSR count). The molecule has 0 aromatic carbocycles. The molecule has 2 aromatic heterocycles. The van der Waals surface area contributed by atoms with Gasteiger partial charge in [0.25, 0.3) is 5.91 Å². The second-order valence-corrected chi connectivity index (χ2v) is 6.19. The van der Waals surface area contributed by atoms with Crippen LogP contribution in [0.2, 0.25) is 0 Å². The third-order valence-electron chi connectivity index (χ3n) is 3.42. The molecule has 118 valence electrons. The average molecular weight is 322 g/mol. The zero-order valence-corrected chi connectivity index (χ0v) is 13.5. The molecule has 0 fully saturated rings. The van der Waals surface area contributed by atoms with Crippen molar-refractivity contribution in [2.24, 2.45) is 0 Å². The van der Waals surface area contributed by atoms with Gasteiger partial charge in [0.15, 0.2) is 10.8 Å². The number of carbonyl (C=O) groups is 2. The standard InChI is InChI=1S/C15H18N2O4S/c1-4-9(2)17(8-12(18)19)15(20)13-10(3)22-14(16-13)11-6-5-7-21-11/h5-7,9H,4,8H2,1-3H3,(H,18,19). The van der Waals surface area contributed by atoms with E-state index >= 15 is 0 Å². The number of aliphatic carboxylic acids is 1. The summed E-state index contributed by atoms with van der Waals surface area (Å²) in [7, 11) is 0.